The van der Waals surface area contributed by atoms with Gasteiger partial charge < -0.3 is 14.1 Å². The summed E-state index contributed by atoms with van der Waals surface area (Å²) in [5.41, 5.74) is 0.967. The summed E-state index contributed by atoms with van der Waals surface area (Å²) in [6.07, 6.45) is 13.5. The van der Waals surface area contributed by atoms with Gasteiger partial charge in [-0.1, -0.05) is 49.9 Å². The van der Waals surface area contributed by atoms with Gasteiger partial charge in [0.2, 0.25) is 0 Å². The summed E-state index contributed by atoms with van der Waals surface area (Å²) in [5, 5.41) is 1.12. The fraction of sp³-hybridized carbons (Fsp3) is 0.667. The number of ether oxygens (including phenoxy) is 1. The minimum absolute atomic E-state index is 0.561. The van der Waals surface area contributed by atoms with Gasteiger partial charge in [-0.25, -0.2) is 0 Å². The fourth-order valence-corrected chi connectivity index (χ4v) is 4.21. The van der Waals surface area contributed by atoms with E-state index in [1.165, 1.54) is 38.8 Å². The SMILES string of the molecule is C#CCC[N+](CCCC)(CCCC)CCCCOc1c(Cl)cc(N(C)C)cc1Cl. The predicted octanol–water partition coefficient (Wildman–Crippen LogP) is 6.66. The molecular formula is C24H39Cl2N2O+. The Bertz CT molecular complexity index is 609. The molecule has 0 heterocycles. The Balaban J connectivity index is 2.63. The Morgan fingerprint density at radius 2 is 1.48 bits per heavy atom. The van der Waals surface area contributed by atoms with Gasteiger partial charge in [0, 0.05) is 19.8 Å². The third kappa shape index (κ3) is 9.08. The van der Waals surface area contributed by atoms with Gasteiger partial charge in [-0.15, -0.1) is 12.3 Å². The monoisotopic (exact) mass is 441 g/mol. The van der Waals surface area contributed by atoms with Gasteiger partial charge >= 0.3 is 0 Å². The first-order valence-corrected chi connectivity index (χ1v) is 11.7. The van der Waals surface area contributed by atoms with Crippen LogP contribution in [0.2, 0.25) is 10.0 Å². The highest BCUT2D eigenvalue weighted by molar-refractivity contribution is 6.37. The summed E-state index contributed by atoms with van der Waals surface area (Å²) in [4.78, 5) is 1.97. The van der Waals surface area contributed by atoms with Gasteiger partial charge in [-0.3, -0.25) is 0 Å². The molecule has 0 amide bonds. The van der Waals surface area contributed by atoms with Crippen LogP contribution in [0, 0.1) is 12.3 Å². The Kier molecular flexibility index (Phi) is 12.5. The van der Waals surface area contributed by atoms with Gasteiger partial charge in [0.05, 0.1) is 49.3 Å². The lowest BCUT2D eigenvalue weighted by atomic mass is 10.1. The molecular weight excluding hydrogens is 403 g/mol. The van der Waals surface area contributed by atoms with Crippen LogP contribution >= 0.6 is 23.2 Å². The zero-order valence-corrected chi connectivity index (χ0v) is 20.3. The number of hydrogen-bond donors (Lipinski definition) is 0. The normalized spacial score (nSPS) is 11.3. The molecule has 1 rings (SSSR count). The van der Waals surface area contributed by atoms with Gasteiger partial charge in [0.25, 0.3) is 0 Å². The minimum atomic E-state index is 0.561. The Morgan fingerprint density at radius 1 is 0.931 bits per heavy atom. The average Bonchev–Trinajstić information content (AvgIpc) is 2.69. The molecule has 0 saturated carbocycles. The molecule has 29 heavy (non-hydrogen) atoms. The molecule has 164 valence electrons. The second-order valence-corrected chi connectivity index (χ2v) is 8.90. The Labute approximate surface area is 188 Å². The molecule has 0 aromatic heterocycles. The number of halogens is 2. The molecule has 0 saturated heterocycles. The second-order valence-electron chi connectivity index (χ2n) is 8.09. The van der Waals surface area contributed by atoms with Crippen LogP contribution in [-0.4, -0.2) is 51.4 Å². The fourth-order valence-electron chi connectivity index (χ4n) is 3.63. The van der Waals surface area contributed by atoms with E-state index in [0.717, 1.165) is 42.5 Å². The summed E-state index contributed by atoms with van der Waals surface area (Å²) < 4.78 is 7.08. The average molecular weight is 442 g/mol. The Morgan fingerprint density at radius 3 is 1.97 bits per heavy atom. The summed E-state index contributed by atoms with van der Waals surface area (Å²) >= 11 is 12.8. The maximum Gasteiger partial charge on any atom is 0.156 e. The molecule has 0 radical (unpaired) electrons. The Hall–Kier alpha value is -1.08. The first-order chi connectivity index (χ1) is 13.9. The highest BCUT2D eigenvalue weighted by Gasteiger charge is 2.25. The smallest absolute Gasteiger partial charge is 0.156 e. The second kappa shape index (κ2) is 14.0. The zero-order chi connectivity index (χ0) is 21.7. The minimum Gasteiger partial charge on any atom is -0.490 e. The van der Waals surface area contributed by atoms with Gasteiger partial charge in [0.15, 0.2) is 5.75 Å². The van der Waals surface area contributed by atoms with Crippen LogP contribution in [0.3, 0.4) is 0 Å². The van der Waals surface area contributed by atoms with Crippen molar-refractivity contribution in [1.82, 2.24) is 0 Å². The van der Waals surface area contributed by atoms with E-state index in [-0.39, 0.29) is 0 Å². The van der Waals surface area contributed by atoms with Crippen LogP contribution in [0.1, 0.15) is 58.8 Å². The number of quaternary nitrogens is 1. The summed E-state index contributed by atoms with van der Waals surface area (Å²) in [7, 11) is 3.93. The maximum absolute atomic E-state index is 6.38. The molecule has 5 heteroatoms. The molecule has 3 nitrogen and oxygen atoms in total. The molecule has 0 aliphatic rings. The van der Waals surface area contributed by atoms with Crippen molar-refractivity contribution in [2.75, 3.05) is 51.8 Å². The lowest BCUT2D eigenvalue weighted by molar-refractivity contribution is -0.928. The van der Waals surface area contributed by atoms with Gasteiger partial charge in [-0.2, -0.15) is 0 Å². The van der Waals surface area contributed by atoms with Crippen molar-refractivity contribution in [3.8, 4) is 18.1 Å². The zero-order valence-electron chi connectivity index (χ0n) is 18.8. The summed E-state index contributed by atoms with van der Waals surface area (Å²) in [6.45, 7) is 9.84. The lowest BCUT2D eigenvalue weighted by Crippen LogP contribution is -2.50. The van der Waals surface area contributed by atoms with E-state index in [9.17, 15) is 0 Å². The van der Waals surface area contributed by atoms with Crippen LogP contribution in [0.25, 0.3) is 0 Å². The van der Waals surface area contributed by atoms with Crippen LogP contribution in [0.4, 0.5) is 5.69 Å². The molecule has 0 spiro atoms. The summed E-state index contributed by atoms with van der Waals surface area (Å²) in [5.74, 6) is 3.44. The van der Waals surface area contributed by atoms with E-state index in [1.807, 2.05) is 31.1 Å². The molecule has 1 aromatic carbocycles. The molecule has 0 aliphatic carbocycles. The number of anilines is 1. The number of benzene rings is 1. The molecule has 0 N–H and O–H groups in total. The van der Waals surface area contributed by atoms with E-state index < -0.39 is 0 Å². The van der Waals surface area contributed by atoms with E-state index >= 15 is 0 Å². The molecule has 0 bridgehead atoms. The van der Waals surface area contributed by atoms with Crippen LogP contribution < -0.4 is 9.64 Å². The van der Waals surface area contributed by atoms with E-state index in [2.05, 4.69) is 19.8 Å². The third-order valence-corrected chi connectivity index (χ3v) is 6.04. The lowest BCUT2D eigenvalue weighted by Gasteiger charge is -2.39. The molecule has 0 fully saturated rings. The van der Waals surface area contributed by atoms with Crippen LogP contribution in [0.15, 0.2) is 12.1 Å². The van der Waals surface area contributed by atoms with Crippen molar-refractivity contribution in [3.05, 3.63) is 22.2 Å². The molecule has 0 aliphatic heterocycles. The highest BCUT2D eigenvalue weighted by atomic mass is 35.5. The van der Waals surface area contributed by atoms with E-state index in [0.29, 0.717) is 22.4 Å². The quantitative estimate of drug-likeness (QED) is 0.171. The predicted molar refractivity (Wildman–Crippen MR) is 129 cm³/mol. The number of rotatable bonds is 15. The first-order valence-electron chi connectivity index (χ1n) is 11.0. The van der Waals surface area contributed by atoms with Crippen LogP contribution in [-0.2, 0) is 0 Å². The van der Waals surface area contributed by atoms with Crippen LogP contribution in [0.5, 0.6) is 5.75 Å². The van der Waals surface area contributed by atoms with Crippen molar-refractivity contribution >= 4 is 28.9 Å². The van der Waals surface area contributed by atoms with Crippen molar-refractivity contribution in [1.29, 1.82) is 0 Å². The molecule has 0 unspecified atom stereocenters. The van der Waals surface area contributed by atoms with Crippen molar-refractivity contribution in [3.63, 3.8) is 0 Å². The topological polar surface area (TPSA) is 12.5 Å². The van der Waals surface area contributed by atoms with Crippen molar-refractivity contribution < 1.29 is 9.22 Å². The van der Waals surface area contributed by atoms with Gasteiger partial charge in [-0.05, 0) is 37.8 Å². The largest absolute Gasteiger partial charge is 0.490 e. The van der Waals surface area contributed by atoms with E-state index in [1.54, 1.807) is 0 Å². The third-order valence-electron chi connectivity index (χ3n) is 5.48. The first kappa shape index (κ1) is 26.0. The molecule has 1 aromatic rings. The standard InChI is InChI=1S/C24H39Cl2N2O/c1-6-9-14-28(15-10-7-2,16-11-8-3)17-12-13-18-29-24-22(25)19-21(27(4)5)20-23(24)26/h1,19-20H,7-18H2,2-5H3/q+1. The van der Waals surface area contributed by atoms with E-state index in [4.69, 9.17) is 34.4 Å². The molecule has 0 atom stereocenters. The number of nitrogens with zero attached hydrogens (tertiary/aromatic N) is 2. The number of unbranched alkanes of at least 4 members (excludes halogenated alkanes) is 3. The number of hydrogen-bond acceptors (Lipinski definition) is 2. The summed E-state index contributed by atoms with van der Waals surface area (Å²) in [6, 6.07) is 3.78. The van der Waals surface area contributed by atoms with Crippen molar-refractivity contribution in [2.24, 2.45) is 0 Å². The van der Waals surface area contributed by atoms with Crippen molar-refractivity contribution in [2.45, 2.75) is 58.8 Å². The number of terminal acetylenes is 1. The maximum atomic E-state index is 6.38. The van der Waals surface area contributed by atoms with Gasteiger partial charge in [0.1, 0.15) is 0 Å². The highest BCUT2D eigenvalue weighted by Crippen LogP contribution is 2.36.